The summed E-state index contributed by atoms with van der Waals surface area (Å²) in [7, 11) is 0. The van der Waals surface area contributed by atoms with E-state index in [4.69, 9.17) is 23.2 Å². The Labute approximate surface area is 61.0 Å². The lowest BCUT2D eigenvalue weighted by Gasteiger charge is -1.86. The Balaban J connectivity index is 3.33. The molecule has 1 aromatic rings. The minimum absolute atomic E-state index is 0.00694. The van der Waals surface area contributed by atoms with Gasteiger partial charge in [0.2, 0.25) is 0 Å². The highest BCUT2D eigenvalue weighted by atomic mass is 35.5. The molecule has 0 N–H and O–H groups in total. The first-order valence-electron chi connectivity index (χ1n) is 2.15. The summed E-state index contributed by atoms with van der Waals surface area (Å²) < 4.78 is 4.59. The molecule has 9 heavy (non-hydrogen) atoms. The van der Waals surface area contributed by atoms with Crippen molar-refractivity contribution >= 4 is 23.2 Å². The third-order valence-electron chi connectivity index (χ3n) is 0.706. The van der Waals surface area contributed by atoms with Crippen molar-refractivity contribution in [1.82, 2.24) is 0 Å². The highest BCUT2D eigenvalue weighted by Crippen LogP contribution is 2.11. The van der Waals surface area contributed by atoms with E-state index in [-0.39, 0.29) is 15.9 Å². The monoisotopic (exact) mass is 164 g/mol. The van der Waals surface area contributed by atoms with Gasteiger partial charge in [-0.1, -0.05) is 0 Å². The van der Waals surface area contributed by atoms with E-state index in [1.54, 1.807) is 0 Å². The third-order valence-corrected chi connectivity index (χ3v) is 1.08. The number of halogens is 2. The molecular formula is C5H2Cl2O2. The maximum absolute atomic E-state index is 10.5. The lowest BCUT2D eigenvalue weighted by Crippen LogP contribution is -1.93. The number of hydrogen-bond donors (Lipinski definition) is 0. The molecule has 0 amide bonds. The Morgan fingerprint density at radius 3 is 2.00 bits per heavy atom. The van der Waals surface area contributed by atoms with Crippen LogP contribution in [0.5, 0.6) is 0 Å². The molecule has 0 unspecified atom stereocenters. The molecule has 0 atom stereocenters. The van der Waals surface area contributed by atoms with E-state index in [0.717, 1.165) is 12.1 Å². The third kappa shape index (κ3) is 1.73. The molecule has 0 aliphatic carbocycles. The zero-order valence-electron chi connectivity index (χ0n) is 4.23. The summed E-state index contributed by atoms with van der Waals surface area (Å²) in [6.07, 6.45) is 0. The summed E-state index contributed by atoms with van der Waals surface area (Å²) in [6.45, 7) is 0. The fraction of sp³-hybridized carbons (Fsp3) is 0. The van der Waals surface area contributed by atoms with Gasteiger partial charge in [0.15, 0.2) is 15.9 Å². The molecule has 0 spiro atoms. The van der Waals surface area contributed by atoms with Crippen molar-refractivity contribution in [2.45, 2.75) is 0 Å². The Morgan fingerprint density at radius 1 is 1.22 bits per heavy atom. The summed E-state index contributed by atoms with van der Waals surface area (Å²) in [5.74, 6) is 0. The van der Waals surface area contributed by atoms with Gasteiger partial charge in [0.1, 0.15) is 0 Å². The van der Waals surface area contributed by atoms with Gasteiger partial charge in [0.25, 0.3) is 0 Å². The largest absolute Gasteiger partial charge is 0.433 e. The summed E-state index contributed by atoms with van der Waals surface area (Å²) >= 11 is 10.6. The normalized spacial score (nSPS) is 9.56. The highest BCUT2D eigenvalue weighted by molar-refractivity contribution is 6.31. The molecule has 0 fully saturated rings. The Hall–Kier alpha value is -0.470. The van der Waals surface area contributed by atoms with Gasteiger partial charge in [-0.2, -0.15) is 0 Å². The maximum atomic E-state index is 10.5. The SMILES string of the molecule is O=c1cc(Cl)oc(Cl)c1. The lowest BCUT2D eigenvalue weighted by atomic mass is 10.5. The van der Waals surface area contributed by atoms with E-state index in [9.17, 15) is 4.79 Å². The molecule has 0 aromatic carbocycles. The zero-order valence-corrected chi connectivity index (χ0v) is 5.74. The number of hydrogen-bond acceptors (Lipinski definition) is 2. The van der Waals surface area contributed by atoms with E-state index in [2.05, 4.69) is 4.42 Å². The Bertz CT molecular complexity index is 243. The first kappa shape index (κ1) is 6.65. The maximum Gasteiger partial charge on any atom is 0.199 e. The molecule has 4 heteroatoms. The van der Waals surface area contributed by atoms with E-state index in [1.165, 1.54) is 0 Å². The average Bonchev–Trinajstić information content (AvgIpc) is 1.59. The van der Waals surface area contributed by atoms with E-state index in [0.29, 0.717) is 0 Å². The van der Waals surface area contributed by atoms with E-state index < -0.39 is 0 Å². The van der Waals surface area contributed by atoms with Crippen LogP contribution >= 0.6 is 23.2 Å². The Kier molecular flexibility index (Phi) is 1.78. The second kappa shape index (κ2) is 2.42. The van der Waals surface area contributed by atoms with Gasteiger partial charge in [0, 0.05) is 12.1 Å². The van der Waals surface area contributed by atoms with Crippen LogP contribution in [-0.4, -0.2) is 0 Å². The molecule has 0 aliphatic rings. The van der Waals surface area contributed by atoms with Crippen LogP contribution in [0, 0.1) is 0 Å². The second-order valence-corrected chi connectivity index (χ2v) is 2.15. The van der Waals surface area contributed by atoms with Crippen molar-refractivity contribution in [3.63, 3.8) is 0 Å². The fourth-order valence-corrected chi connectivity index (χ4v) is 0.838. The molecule has 1 rings (SSSR count). The topological polar surface area (TPSA) is 30.2 Å². The number of rotatable bonds is 0. The van der Waals surface area contributed by atoms with Crippen LogP contribution in [0.3, 0.4) is 0 Å². The molecule has 0 saturated carbocycles. The second-order valence-electron chi connectivity index (χ2n) is 1.40. The fourth-order valence-electron chi connectivity index (χ4n) is 0.417. The van der Waals surface area contributed by atoms with Crippen molar-refractivity contribution in [2.75, 3.05) is 0 Å². The van der Waals surface area contributed by atoms with Gasteiger partial charge in [-0.25, -0.2) is 0 Å². The van der Waals surface area contributed by atoms with Crippen LogP contribution in [0.15, 0.2) is 21.3 Å². The van der Waals surface area contributed by atoms with Gasteiger partial charge in [-0.3, -0.25) is 4.79 Å². The van der Waals surface area contributed by atoms with Crippen LogP contribution in [0.4, 0.5) is 0 Å². The zero-order chi connectivity index (χ0) is 6.85. The molecular weight excluding hydrogens is 163 g/mol. The van der Waals surface area contributed by atoms with Crippen LogP contribution in [0.2, 0.25) is 10.4 Å². The van der Waals surface area contributed by atoms with Crippen molar-refractivity contribution in [1.29, 1.82) is 0 Å². The molecule has 0 radical (unpaired) electrons. The highest BCUT2D eigenvalue weighted by Gasteiger charge is 1.93. The van der Waals surface area contributed by atoms with Crippen LogP contribution in [-0.2, 0) is 0 Å². The predicted molar refractivity (Wildman–Crippen MR) is 35.0 cm³/mol. The molecule has 48 valence electrons. The summed E-state index contributed by atoms with van der Waals surface area (Å²) in [4.78, 5) is 10.5. The van der Waals surface area contributed by atoms with E-state index in [1.807, 2.05) is 0 Å². The summed E-state index contributed by atoms with van der Waals surface area (Å²) in [5.41, 5.74) is -0.253. The van der Waals surface area contributed by atoms with Crippen molar-refractivity contribution in [3.8, 4) is 0 Å². The smallest absolute Gasteiger partial charge is 0.199 e. The van der Waals surface area contributed by atoms with Crippen molar-refractivity contribution < 1.29 is 4.42 Å². The van der Waals surface area contributed by atoms with Crippen LogP contribution < -0.4 is 5.43 Å². The standard InChI is InChI=1S/C5H2Cl2O2/c6-4-1-3(8)2-5(7)9-4/h1-2H. The molecule has 0 bridgehead atoms. The average molecular weight is 165 g/mol. The van der Waals surface area contributed by atoms with Gasteiger partial charge in [-0.05, 0) is 23.2 Å². The first-order valence-corrected chi connectivity index (χ1v) is 2.90. The molecule has 0 saturated heterocycles. The quantitative estimate of drug-likeness (QED) is 0.587. The molecule has 1 heterocycles. The minimum atomic E-state index is -0.253. The minimum Gasteiger partial charge on any atom is -0.433 e. The predicted octanol–water partition coefficient (Wildman–Crippen LogP) is 1.95. The van der Waals surface area contributed by atoms with Gasteiger partial charge in [0.05, 0.1) is 0 Å². The van der Waals surface area contributed by atoms with Crippen molar-refractivity contribution in [3.05, 3.63) is 32.8 Å². The summed E-state index contributed by atoms with van der Waals surface area (Å²) in [5, 5.41) is 0.0139. The molecule has 1 aromatic heterocycles. The van der Waals surface area contributed by atoms with Gasteiger partial charge in [-0.15, -0.1) is 0 Å². The molecule has 0 aliphatic heterocycles. The Morgan fingerprint density at radius 2 is 1.67 bits per heavy atom. The van der Waals surface area contributed by atoms with Crippen LogP contribution in [0.1, 0.15) is 0 Å². The van der Waals surface area contributed by atoms with Gasteiger partial charge < -0.3 is 4.42 Å². The summed E-state index contributed by atoms with van der Waals surface area (Å²) in [6, 6.07) is 2.29. The van der Waals surface area contributed by atoms with E-state index >= 15 is 0 Å². The first-order chi connectivity index (χ1) is 4.18. The van der Waals surface area contributed by atoms with Gasteiger partial charge >= 0.3 is 0 Å². The van der Waals surface area contributed by atoms with Crippen LogP contribution in [0.25, 0.3) is 0 Å². The van der Waals surface area contributed by atoms with Crippen molar-refractivity contribution in [2.24, 2.45) is 0 Å². The lowest BCUT2D eigenvalue weighted by molar-refractivity contribution is 0.553. The molecule has 2 nitrogen and oxygen atoms in total.